The van der Waals surface area contributed by atoms with Crippen LogP contribution in [-0.4, -0.2) is 26.3 Å². The van der Waals surface area contributed by atoms with Crippen molar-refractivity contribution in [3.8, 4) is 17.6 Å². The third-order valence-corrected chi connectivity index (χ3v) is 3.13. The van der Waals surface area contributed by atoms with Gasteiger partial charge in [-0.1, -0.05) is 0 Å². The van der Waals surface area contributed by atoms with E-state index in [0.717, 1.165) is 22.7 Å². The number of anilines is 1. The summed E-state index contributed by atoms with van der Waals surface area (Å²) in [5.41, 5.74) is 2.42. The Morgan fingerprint density at radius 3 is 2.29 bits per heavy atom. The first kappa shape index (κ1) is 14.7. The summed E-state index contributed by atoms with van der Waals surface area (Å²) in [6, 6.07) is 11.4. The number of aromatic nitrogens is 1. The molecular weight excluding hydrogens is 266 g/mol. The minimum atomic E-state index is 0.412. The van der Waals surface area contributed by atoms with Crippen LogP contribution in [0.15, 0.2) is 36.5 Å². The second-order valence-electron chi connectivity index (χ2n) is 4.59. The van der Waals surface area contributed by atoms with Crippen LogP contribution in [0, 0.1) is 11.3 Å². The molecule has 0 aliphatic rings. The molecule has 1 heterocycles. The minimum Gasteiger partial charge on any atom is -0.497 e. The van der Waals surface area contributed by atoms with Gasteiger partial charge in [0.25, 0.3) is 0 Å². The Morgan fingerprint density at radius 2 is 1.81 bits per heavy atom. The van der Waals surface area contributed by atoms with E-state index in [1.54, 1.807) is 26.5 Å². The van der Waals surface area contributed by atoms with Gasteiger partial charge in [0.1, 0.15) is 23.3 Å². The smallest absolute Gasteiger partial charge is 0.140 e. The first-order valence-electron chi connectivity index (χ1n) is 6.45. The molecule has 0 aliphatic heterocycles. The van der Waals surface area contributed by atoms with Crippen molar-refractivity contribution in [3.63, 3.8) is 0 Å². The van der Waals surface area contributed by atoms with Crippen LogP contribution in [0.3, 0.4) is 0 Å². The van der Waals surface area contributed by atoms with Gasteiger partial charge in [-0.25, -0.2) is 4.98 Å². The highest BCUT2D eigenvalue weighted by molar-refractivity contribution is 5.47. The Bertz CT molecular complexity index is 625. The van der Waals surface area contributed by atoms with E-state index < -0.39 is 0 Å². The summed E-state index contributed by atoms with van der Waals surface area (Å²) >= 11 is 0. The van der Waals surface area contributed by atoms with E-state index in [-0.39, 0.29) is 0 Å². The predicted molar refractivity (Wildman–Crippen MR) is 80.6 cm³/mol. The van der Waals surface area contributed by atoms with Gasteiger partial charge in [0.15, 0.2) is 0 Å². The second kappa shape index (κ2) is 6.62. The fourth-order valence-electron chi connectivity index (χ4n) is 2.00. The van der Waals surface area contributed by atoms with E-state index in [1.807, 2.05) is 42.3 Å². The highest BCUT2D eigenvalue weighted by Gasteiger charge is 2.06. The molecule has 2 aromatic rings. The normalized spacial score (nSPS) is 9.81. The molecule has 0 atom stereocenters. The van der Waals surface area contributed by atoms with Gasteiger partial charge in [-0.3, -0.25) is 0 Å². The lowest BCUT2D eigenvalue weighted by Gasteiger charge is -2.19. The minimum absolute atomic E-state index is 0.412. The van der Waals surface area contributed by atoms with Gasteiger partial charge in [0.2, 0.25) is 0 Å². The lowest BCUT2D eigenvalue weighted by molar-refractivity contribution is 0.393. The summed E-state index contributed by atoms with van der Waals surface area (Å²) in [7, 11) is 5.23. The second-order valence-corrected chi connectivity index (χ2v) is 4.59. The zero-order chi connectivity index (χ0) is 15.2. The number of rotatable bonds is 5. The molecule has 0 saturated carbocycles. The van der Waals surface area contributed by atoms with E-state index in [9.17, 15) is 0 Å². The number of benzene rings is 1. The van der Waals surface area contributed by atoms with E-state index in [1.165, 1.54) is 0 Å². The van der Waals surface area contributed by atoms with Crippen molar-refractivity contribution in [2.24, 2.45) is 0 Å². The average molecular weight is 283 g/mol. The zero-order valence-corrected chi connectivity index (χ0v) is 12.3. The first-order chi connectivity index (χ1) is 10.2. The molecule has 1 aromatic heterocycles. The van der Waals surface area contributed by atoms with Crippen molar-refractivity contribution < 1.29 is 9.47 Å². The Morgan fingerprint density at radius 1 is 1.14 bits per heavy atom. The third-order valence-electron chi connectivity index (χ3n) is 3.13. The van der Waals surface area contributed by atoms with Crippen molar-refractivity contribution in [2.75, 3.05) is 26.2 Å². The van der Waals surface area contributed by atoms with Gasteiger partial charge in [-0.2, -0.15) is 5.26 Å². The third kappa shape index (κ3) is 3.63. The summed E-state index contributed by atoms with van der Waals surface area (Å²) in [6.07, 6.45) is 1.69. The highest BCUT2D eigenvalue weighted by Crippen LogP contribution is 2.24. The van der Waals surface area contributed by atoms with Crippen LogP contribution in [0.4, 0.5) is 5.69 Å². The Labute approximate surface area is 124 Å². The summed E-state index contributed by atoms with van der Waals surface area (Å²) < 4.78 is 10.5. The van der Waals surface area contributed by atoms with Crippen molar-refractivity contribution in [1.29, 1.82) is 5.26 Å². The molecule has 5 heteroatoms. The summed E-state index contributed by atoms with van der Waals surface area (Å²) in [5.74, 6) is 1.52. The Kier molecular flexibility index (Phi) is 4.62. The fraction of sp³-hybridized carbons (Fsp3) is 0.250. The molecule has 2 rings (SSSR count). The lowest BCUT2D eigenvalue weighted by Crippen LogP contribution is -2.16. The van der Waals surface area contributed by atoms with E-state index in [0.29, 0.717) is 12.2 Å². The molecule has 0 aliphatic carbocycles. The van der Waals surface area contributed by atoms with Crippen LogP contribution in [-0.2, 0) is 6.54 Å². The van der Waals surface area contributed by atoms with Crippen molar-refractivity contribution in [3.05, 3.63) is 47.8 Å². The van der Waals surface area contributed by atoms with Crippen LogP contribution in [0.1, 0.15) is 11.3 Å². The van der Waals surface area contributed by atoms with Gasteiger partial charge in [0.05, 0.1) is 26.1 Å². The number of ether oxygens (including phenoxy) is 2. The number of hydrogen-bond acceptors (Lipinski definition) is 5. The maximum atomic E-state index is 8.76. The molecule has 0 unspecified atom stereocenters. The summed E-state index contributed by atoms with van der Waals surface area (Å²) in [6.45, 7) is 0.682. The molecule has 0 amide bonds. The number of nitriles is 1. The fourth-order valence-corrected chi connectivity index (χ4v) is 2.00. The van der Waals surface area contributed by atoms with Crippen molar-refractivity contribution >= 4 is 5.69 Å². The van der Waals surface area contributed by atoms with Crippen LogP contribution in [0.25, 0.3) is 0 Å². The lowest BCUT2D eigenvalue weighted by atomic mass is 10.2. The number of hydrogen-bond donors (Lipinski definition) is 0. The number of pyridine rings is 1. The van der Waals surface area contributed by atoms with Crippen LogP contribution >= 0.6 is 0 Å². The Balaban J connectivity index is 2.18. The molecule has 0 spiro atoms. The quantitative estimate of drug-likeness (QED) is 0.844. The first-order valence-corrected chi connectivity index (χ1v) is 6.45. The summed E-state index contributed by atoms with van der Waals surface area (Å²) in [4.78, 5) is 6.12. The van der Waals surface area contributed by atoms with E-state index >= 15 is 0 Å². The SMILES string of the molecule is COc1cc(CN(C)c2ccc(C#N)nc2)cc(OC)c1. The largest absolute Gasteiger partial charge is 0.497 e. The van der Waals surface area contributed by atoms with Gasteiger partial charge >= 0.3 is 0 Å². The highest BCUT2D eigenvalue weighted by atomic mass is 16.5. The van der Waals surface area contributed by atoms with Gasteiger partial charge in [-0.15, -0.1) is 0 Å². The molecule has 5 nitrogen and oxygen atoms in total. The molecule has 108 valence electrons. The molecule has 21 heavy (non-hydrogen) atoms. The van der Waals surface area contributed by atoms with Gasteiger partial charge in [-0.05, 0) is 29.8 Å². The number of nitrogens with zero attached hydrogens (tertiary/aromatic N) is 3. The van der Waals surface area contributed by atoms with Crippen LogP contribution in [0.5, 0.6) is 11.5 Å². The van der Waals surface area contributed by atoms with Gasteiger partial charge < -0.3 is 14.4 Å². The maximum Gasteiger partial charge on any atom is 0.140 e. The molecule has 0 bridgehead atoms. The van der Waals surface area contributed by atoms with Crippen molar-refractivity contribution in [2.45, 2.75) is 6.54 Å². The molecule has 1 aromatic carbocycles. The van der Waals surface area contributed by atoms with Crippen LogP contribution in [0.2, 0.25) is 0 Å². The molecule has 0 saturated heterocycles. The van der Waals surface area contributed by atoms with Crippen molar-refractivity contribution in [1.82, 2.24) is 4.98 Å². The van der Waals surface area contributed by atoms with Crippen LogP contribution < -0.4 is 14.4 Å². The Hall–Kier alpha value is -2.74. The molecule has 0 N–H and O–H groups in total. The maximum absolute atomic E-state index is 8.76. The molecule has 0 radical (unpaired) electrons. The standard InChI is InChI=1S/C16H17N3O2/c1-19(14-5-4-13(9-17)18-10-14)11-12-6-15(20-2)8-16(7-12)21-3/h4-8,10H,11H2,1-3H3. The van der Waals surface area contributed by atoms with E-state index in [2.05, 4.69) is 4.98 Å². The monoisotopic (exact) mass is 283 g/mol. The van der Waals surface area contributed by atoms with Gasteiger partial charge in [0, 0.05) is 19.7 Å². The summed E-state index contributed by atoms with van der Waals surface area (Å²) in [5, 5.41) is 8.76. The average Bonchev–Trinajstić information content (AvgIpc) is 2.54. The topological polar surface area (TPSA) is 58.4 Å². The van der Waals surface area contributed by atoms with E-state index in [4.69, 9.17) is 14.7 Å². The molecule has 0 fully saturated rings. The number of methoxy groups -OCH3 is 2. The predicted octanol–water partition coefficient (Wildman–Crippen LogP) is 2.61. The zero-order valence-electron chi connectivity index (χ0n) is 12.3. The molecular formula is C16H17N3O2.